The second-order valence-corrected chi connectivity index (χ2v) is 14.2. The van der Waals surface area contributed by atoms with Crippen molar-refractivity contribution >= 4 is 21.7 Å². The number of aromatic nitrogens is 4. The number of carbonyl (C=O) groups excluding carboxylic acids is 2. The van der Waals surface area contributed by atoms with E-state index in [9.17, 15) is 23.3 Å². The number of amides is 1. The molecule has 1 saturated carbocycles. The van der Waals surface area contributed by atoms with E-state index in [0.29, 0.717) is 29.8 Å². The van der Waals surface area contributed by atoms with Crippen molar-refractivity contribution in [2.75, 3.05) is 13.1 Å². The van der Waals surface area contributed by atoms with Crippen LogP contribution in [0.2, 0.25) is 0 Å². The van der Waals surface area contributed by atoms with Gasteiger partial charge in [0.15, 0.2) is 5.78 Å². The molecule has 4 aromatic rings. The van der Waals surface area contributed by atoms with Crippen LogP contribution >= 0.6 is 0 Å². The van der Waals surface area contributed by atoms with Crippen LogP contribution in [0, 0.1) is 23.2 Å². The molecule has 7 rings (SSSR count). The number of aryl methyl sites for hydroxylation is 2. The van der Waals surface area contributed by atoms with E-state index in [1.165, 1.54) is 10.4 Å². The highest BCUT2D eigenvalue weighted by atomic mass is 32.2. The number of ketones is 1. The predicted octanol–water partition coefficient (Wildman–Crippen LogP) is 2.02. The summed E-state index contributed by atoms with van der Waals surface area (Å²) in [4.78, 5) is 38.9. The second-order valence-electron chi connectivity index (χ2n) is 12.3. The average molecular weight is 637 g/mol. The maximum absolute atomic E-state index is 14.8. The zero-order valence-corrected chi connectivity index (χ0v) is 26.1. The Morgan fingerprint density at radius 3 is 2.09 bits per heavy atom. The Kier molecular flexibility index (Phi) is 7.14. The SMILES string of the molecule is Cn1cncc1CC1(Cc2cncn2C)NC(=CC(=O)c2ccc(C#N)cc2)N(C2[C@H]3CN(S(=O)(=O)c4ccccc4)C[C@@H]23)C1=O. The zero-order chi connectivity index (χ0) is 32.2. The van der Waals surface area contributed by atoms with Gasteiger partial charge < -0.3 is 14.5 Å². The van der Waals surface area contributed by atoms with Crippen LogP contribution in [0.25, 0.3) is 0 Å². The largest absolute Gasteiger partial charge is 0.356 e. The molecule has 13 heteroatoms. The number of sulfonamides is 1. The molecular weight excluding hydrogens is 604 g/mol. The lowest BCUT2D eigenvalue weighted by Gasteiger charge is -2.28. The molecule has 2 saturated heterocycles. The van der Waals surface area contributed by atoms with Gasteiger partial charge in [-0.3, -0.25) is 14.5 Å². The molecule has 1 N–H and O–H groups in total. The van der Waals surface area contributed by atoms with Gasteiger partial charge in [0.1, 0.15) is 11.4 Å². The summed E-state index contributed by atoms with van der Waals surface area (Å²) in [6.45, 7) is 0.563. The lowest BCUT2D eigenvalue weighted by atomic mass is 9.88. The van der Waals surface area contributed by atoms with Gasteiger partial charge in [0.05, 0.1) is 29.2 Å². The molecule has 1 amide bonds. The number of allylic oxidation sites excluding steroid dienone is 1. The third kappa shape index (κ3) is 4.99. The Bertz CT molecular complexity index is 1950. The first-order valence-electron chi connectivity index (χ1n) is 14.9. The molecule has 234 valence electrons. The minimum absolute atomic E-state index is 0.0816. The Hall–Kier alpha value is -5.06. The van der Waals surface area contributed by atoms with Gasteiger partial charge in [-0.15, -0.1) is 0 Å². The van der Waals surface area contributed by atoms with Crippen LogP contribution in [0.15, 0.2) is 96.4 Å². The van der Waals surface area contributed by atoms with Gasteiger partial charge in [-0.05, 0) is 36.4 Å². The molecule has 3 atom stereocenters. The van der Waals surface area contributed by atoms with Gasteiger partial charge >= 0.3 is 0 Å². The van der Waals surface area contributed by atoms with Gasteiger partial charge in [-0.1, -0.05) is 18.2 Å². The van der Waals surface area contributed by atoms with E-state index in [2.05, 4.69) is 21.4 Å². The highest BCUT2D eigenvalue weighted by Gasteiger charge is 2.65. The lowest BCUT2D eigenvalue weighted by Crippen LogP contribution is -2.51. The fraction of sp³-hybridized carbons (Fsp3) is 0.303. The number of hydrogen-bond acceptors (Lipinski definition) is 8. The third-order valence-corrected chi connectivity index (χ3v) is 11.3. The van der Waals surface area contributed by atoms with Gasteiger partial charge in [-0.25, -0.2) is 18.4 Å². The molecule has 1 aliphatic carbocycles. The minimum Gasteiger partial charge on any atom is -0.356 e. The van der Waals surface area contributed by atoms with Crippen molar-refractivity contribution in [3.63, 3.8) is 0 Å². The summed E-state index contributed by atoms with van der Waals surface area (Å²) in [7, 11) is 0.0674. The number of fused-ring (bicyclic) bond motifs is 1. The predicted molar refractivity (Wildman–Crippen MR) is 166 cm³/mol. The van der Waals surface area contributed by atoms with Crippen LogP contribution in [0.3, 0.4) is 0 Å². The van der Waals surface area contributed by atoms with Crippen molar-refractivity contribution in [1.82, 2.24) is 33.6 Å². The molecule has 2 aromatic heterocycles. The summed E-state index contributed by atoms with van der Waals surface area (Å²) < 4.78 is 32.0. The molecule has 1 unspecified atom stereocenters. The number of piperidine rings is 1. The zero-order valence-electron chi connectivity index (χ0n) is 25.3. The maximum Gasteiger partial charge on any atom is 0.254 e. The van der Waals surface area contributed by atoms with E-state index in [1.807, 2.05) is 23.2 Å². The van der Waals surface area contributed by atoms with Crippen molar-refractivity contribution in [3.8, 4) is 6.07 Å². The highest BCUT2D eigenvalue weighted by Crippen LogP contribution is 2.53. The summed E-state index contributed by atoms with van der Waals surface area (Å²) in [5, 5.41) is 12.7. The molecule has 2 aliphatic heterocycles. The normalized spacial score (nSPS) is 22.9. The molecule has 2 aromatic carbocycles. The number of nitrogens with zero attached hydrogens (tertiary/aromatic N) is 7. The van der Waals surface area contributed by atoms with Gasteiger partial charge in [0, 0.05) is 93.3 Å². The first-order valence-corrected chi connectivity index (χ1v) is 16.4. The van der Waals surface area contributed by atoms with Gasteiger partial charge in [0.25, 0.3) is 5.91 Å². The van der Waals surface area contributed by atoms with Crippen LogP contribution in [-0.4, -0.2) is 73.1 Å². The van der Waals surface area contributed by atoms with E-state index in [1.54, 1.807) is 84.5 Å². The smallest absolute Gasteiger partial charge is 0.254 e. The molecule has 0 spiro atoms. The Labute approximate surface area is 266 Å². The number of nitrogens with one attached hydrogen (secondary N) is 1. The summed E-state index contributed by atoms with van der Waals surface area (Å²) in [5.41, 5.74) is 1.32. The van der Waals surface area contributed by atoms with Crippen molar-refractivity contribution in [2.45, 2.75) is 29.3 Å². The van der Waals surface area contributed by atoms with E-state index in [-0.39, 0.29) is 47.6 Å². The molecular formula is C33H32N8O4S. The molecule has 3 aliphatic rings. The van der Waals surface area contributed by atoms with Crippen molar-refractivity contribution in [2.24, 2.45) is 25.9 Å². The molecule has 0 bridgehead atoms. The Morgan fingerprint density at radius 2 is 1.57 bits per heavy atom. The topological polar surface area (TPSA) is 146 Å². The number of nitriles is 1. The number of hydrogen-bond donors (Lipinski definition) is 1. The van der Waals surface area contributed by atoms with Crippen LogP contribution in [0.1, 0.15) is 27.3 Å². The summed E-state index contributed by atoms with van der Waals surface area (Å²) in [6.07, 6.45) is 8.86. The van der Waals surface area contributed by atoms with Crippen LogP contribution in [-0.2, 0) is 41.8 Å². The molecule has 4 heterocycles. The first-order chi connectivity index (χ1) is 22.1. The Balaban J connectivity index is 1.25. The summed E-state index contributed by atoms with van der Waals surface area (Å²) in [6, 6.07) is 16.5. The van der Waals surface area contributed by atoms with Crippen LogP contribution in [0.4, 0.5) is 0 Å². The van der Waals surface area contributed by atoms with Crippen molar-refractivity contribution < 1.29 is 18.0 Å². The second kappa shape index (κ2) is 11.1. The fourth-order valence-corrected chi connectivity index (χ4v) is 8.36. The molecule has 3 fully saturated rings. The van der Waals surface area contributed by atoms with Crippen LogP contribution < -0.4 is 5.32 Å². The van der Waals surface area contributed by atoms with Gasteiger partial charge in [0.2, 0.25) is 10.0 Å². The molecule has 0 radical (unpaired) electrons. The van der Waals surface area contributed by atoms with Crippen molar-refractivity contribution in [1.29, 1.82) is 5.26 Å². The third-order valence-electron chi connectivity index (χ3n) is 9.41. The average Bonchev–Trinajstić information content (AvgIpc) is 3.52. The fourth-order valence-electron chi connectivity index (χ4n) is 6.82. The highest BCUT2D eigenvalue weighted by molar-refractivity contribution is 7.89. The lowest BCUT2D eigenvalue weighted by molar-refractivity contribution is -0.132. The van der Waals surface area contributed by atoms with E-state index >= 15 is 0 Å². The number of benzene rings is 2. The van der Waals surface area contributed by atoms with Crippen molar-refractivity contribution in [3.05, 3.63) is 114 Å². The first kappa shape index (κ1) is 29.6. The number of rotatable bonds is 9. The summed E-state index contributed by atoms with van der Waals surface area (Å²) >= 11 is 0. The molecule has 12 nitrogen and oxygen atoms in total. The summed E-state index contributed by atoms with van der Waals surface area (Å²) in [5.74, 6) is -0.296. The van der Waals surface area contributed by atoms with Gasteiger partial charge in [-0.2, -0.15) is 9.57 Å². The maximum atomic E-state index is 14.8. The van der Waals surface area contributed by atoms with Crippen LogP contribution in [0.5, 0.6) is 0 Å². The number of carbonyl (C=O) groups is 2. The van der Waals surface area contributed by atoms with E-state index in [0.717, 1.165) is 11.4 Å². The number of imidazole rings is 2. The standard InChI is InChI=1S/C33H32N8O4S/c1-38-20-35-16-24(38)13-33(14-25-17-36-21-39(25)2)32(43)41(30(37-33)12-29(42)23-10-8-22(15-34)9-11-23)31-27-18-40(19-28(27)31)46(44,45)26-6-4-3-5-7-26/h3-12,16-17,20-21,27-28,31,37H,13-14,18-19H2,1-2H3/t27-,28+,31?. The Morgan fingerprint density at radius 1 is 0.978 bits per heavy atom. The molecule has 46 heavy (non-hydrogen) atoms. The minimum atomic E-state index is -3.67. The quantitative estimate of drug-likeness (QED) is 0.217. The monoisotopic (exact) mass is 636 g/mol. The van der Waals surface area contributed by atoms with E-state index in [4.69, 9.17) is 0 Å². The van der Waals surface area contributed by atoms with E-state index < -0.39 is 15.6 Å².